The van der Waals surface area contributed by atoms with Crippen LogP contribution in [0.15, 0.2) is 65.3 Å². The average Bonchev–Trinajstić information content (AvgIpc) is 3.23. The molecule has 0 aliphatic heterocycles. The van der Waals surface area contributed by atoms with Gasteiger partial charge in [-0.1, -0.05) is 50.2 Å². The van der Waals surface area contributed by atoms with Gasteiger partial charge in [-0.2, -0.15) is 0 Å². The number of furan rings is 1. The van der Waals surface area contributed by atoms with E-state index in [4.69, 9.17) is 9.40 Å². The maximum Gasteiger partial charge on any atom is 0.227 e. The highest BCUT2D eigenvalue weighted by atomic mass is 16.3. The van der Waals surface area contributed by atoms with Crippen molar-refractivity contribution in [3.63, 3.8) is 0 Å². The summed E-state index contributed by atoms with van der Waals surface area (Å²) in [5.41, 5.74) is 11.4. The molecule has 0 saturated carbocycles. The lowest BCUT2D eigenvalue weighted by molar-refractivity contribution is -0.660. The van der Waals surface area contributed by atoms with Gasteiger partial charge in [0.05, 0.1) is 10.9 Å². The van der Waals surface area contributed by atoms with Crippen LogP contribution in [0.3, 0.4) is 0 Å². The lowest BCUT2D eigenvalue weighted by atomic mass is 9.81. The van der Waals surface area contributed by atoms with E-state index < -0.39 is 0 Å². The van der Waals surface area contributed by atoms with Crippen LogP contribution in [0, 0.1) is 13.8 Å². The molecule has 0 radical (unpaired) electrons. The third-order valence-electron chi connectivity index (χ3n) is 6.96. The van der Waals surface area contributed by atoms with Crippen LogP contribution in [0.25, 0.3) is 44.5 Å². The molecule has 31 heavy (non-hydrogen) atoms. The van der Waals surface area contributed by atoms with Gasteiger partial charge < -0.3 is 4.42 Å². The van der Waals surface area contributed by atoms with Crippen LogP contribution in [0.4, 0.5) is 0 Å². The van der Waals surface area contributed by atoms with E-state index in [0.29, 0.717) is 0 Å². The number of hydrogen-bond donors (Lipinski definition) is 0. The molecule has 0 spiro atoms. The van der Waals surface area contributed by atoms with Crippen molar-refractivity contribution in [3.05, 3.63) is 83.2 Å². The highest BCUT2D eigenvalue weighted by Gasteiger charge is 2.38. The van der Waals surface area contributed by atoms with E-state index >= 15 is 0 Å². The van der Waals surface area contributed by atoms with Crippen LogP contribution in [-0.4, -0.2) is 4.98 Å². The zero-order valence-electron chi connectivity index (χ0n) is 18.6. The van der Waals surface area contributed by atoms with E-state index in [1.165, 1.54) is 33.4 Å². The number of benzene rings is 2. The number of fused-ring (bicyclic) bond motifs is 7. The SMILES string of the molecule is Cc1cc[n+](C)c(-c2c(C)ccc3c2oc2ncc4c(c23)C(C)(C)c2ccccc2-4)c1. The molecule has 0 saturated heterocycles. The van der Waals surface area contributed by atoms with Crippen molar-refractivity contribution in [2.75, 3.05) is 0 Å². The van der Waals surface area contributed by atoms with Gasteiger partial charge in [0.1, 0.15) is 7.05 Å². The molecule has 0 N–H and O–H groups in total. The van der Waals surface area contributed by atoms with Gasteiger partial charge in [0, 0.05) is 34.7 Å². The minimum absolute atomic E-state index is 0.108. The topological polar surface area (TPSA) is 29.9 Å². The molecule has 2 aromatic carbocycles. The van der Waals surface area contributed by atoms with Gasteiger partial charge in [-0.3, -0.25) is 0 Å². The van der Waals surface area contributed by atoms with E-state index in [1.807, 2.05) is 6.20 Å². The Morgan fingerprint density at radius 1 is 0.968 bits per heavy atom. The van der Waals surface area contributed by atoms with Crippen molar-refractivity contribution >= 4 is 22.1 Å². The monoisotopic (exact) mass is 405 g/mol. The fourth-order valence-electron chi connectivity index (χ4n) is 5.39. The van der Waals surface area contributed by atoms with E-state index in [-0.39, 0.29) is 5.41 Å². The van der Waals surface area contributed by atoms with Gasteiger partial charge >= 0.3 is 0 Å². The van der Waals surface area contributed by atoms with Gasteiger partial charge in [0.15, 0.2) is 11.8 Å². The maximum atomic E-state index is 6.51. The van der Waals surface area contributed by atoms with Gasteiger partial charge in [0.25, 0.3) is 0 Å². The Kier molecular flexibility index (Phi) is 3.57. The van der Waals surface area contributed by atoms with Crippen molar-refractivity contribution < 1.29 is 8.98 Å². The zero-order chi connectivity index (χ0) is 21.5. The molecule has 6 rings (SSSR count). The van der Waals surface area contributed by atoms with Gasteiger partial charge in [-0.25, -0.2) is 9.55 Å². The summed E-state index contributed by atoms with van der Waals surface area (Å²) in [6.07, 6.45) is 4.11. The van der Waals surface area contributed by atoms with Gasteiger partial charge in [-0.05, 0) is 41.7 Å². The van der Waals surface area contributed by atoms with Crippen LogP contribution in [0.2, 0.25) is 0 Å². The Hall–Kier alpha value is -3.46. The standard InChI is InChI=1S/C28H25N2O/c1-16-12-13-30(5)22(14-16)23-17(2)10-11-19-24-25-20(15-29-27(24)31-26(19)23)18-8-6-7-9-21(18)28(25,3)4/h6-15H,1-5H3/q+1. The fourth-order valence-corrected chi connectivity index (χ4v) is 5.39. The van der Waals surface area contributed by atoms with Crippen LogP contribution >= 0.6 is 0 Å². The minimum Gasteiger partial charge on any atom is -0.437 e. The molecule has 5 aromatic rings. The largest absolute Gasteiger partial charge is 0.437 e. The lowest BCUT2D eigenvalue weighted by Crippen LogP contribution is -2.30. The van der Waals surface area contributed by atoms with Crippen LogP contribution in [0.5, 0.6) is 0 Å². The first-order valence-corrected chi connectivity index (χ1v) is 10.8. The molecule has 3 heterocycles. The molecule has 3 heteroatoms. The van der Waals surface area contributed by atoms with E-state index in [0.717, 1.165) is 33.3 Å². The lowest BCUT2D eigenvalue weighted by Gasteiger charge is -2.22. The molecular weight excluding hydrogens is 380 g/mol. The van der Waals surface area contributed by atoms with Crippen molar-refractivity contribution in [1.82, 2.24) is 4.98 Å². The molecule has 0 bridgehead atoms. The Balaban J connectivity index is 1.76. The average molecular weight is 406 g/mol. The van der Waals surface area contributed by atoms with Crippen molar-refractivity contribution in [2.24, 2.45) is 7.05 Å². The highest BCUT2D eigenvalue weighted by molar-refractivity contribution is 6.13. The number of pyridine rings is 2. The first kappa shape index (κ1) is 18.3. The van der Waals surface area contributed by atoms with E-state index in [9.17, 15) is 0 Å². The minimum atomic E-state index is -0.108. The highest BCUT2D eigenvalue weighted by Crippen LogP contribution is 2.52. The summed E-state index contributed by atoms with van der Waals surface area (Å²) >= 11 is 0. The summed E-state index contributed by atoms with van der Waals surface area (Å²) in [4.78, 5) is 4.79. The van der Waals surface area contributed by atoms with Crippen LogP contribution < -0.4 is 4.57 Å². The second-order valence-electron chi connectivity index (χ2n) is 9.33. The summed E-state index contributed by atoms with van der Waals surface area (Å²) in [5, 5.41) is 2.28. The fraction of sp³-hybridized carbons (Fsp3) is 0.214. The Morgan fingerprint density at radius 3 is 2.61 bits per heavy atom. The third-order valence-corrected chi connectivity index (χ3v) is 6.96. The molecule has 1 aliphatic carbocycles. The number of aryl methyl sites for hydroxylation is 3. The number of rotatable bonds is 1. The number of nitrogens with zero attached hydrogens (tertiary/aromatic N) is 2. The van der Waals surface area contributed by atoms with Gasteiger partial charge in [-0.15, -0.1) is 0 Å². The first-order chi connectivity index (χ1) is 14.9. The number of aromatic nitrogens is 2. The molecule has 152 valence electrons. The number of hydrogen-bond acceptors (Lipinski definition) is 2. The first-order valence-electron chi connectivity index (χ1n) is 10.8. The third kappa shape index (κ3) is 2.35. The van der Waals surface area contributed by atoms with E-state index in [2.05, 4.69) is 94.0 Å². The molecular formula is C28H25N2O+. The predicted molar refractivity (Wildman–Crippen MR) is 125 cm³/mol. The summed E-state index contributed by atoms with van der Waals surface area (Å²) < 4.78 is 8.67. The summed E-state index contributed by atoms with van der Waals surface area (Å²) in [6.45, 7) is 8.91. The second kappa shape index (κ2) is 6.04. The van der Waals surface area contributed by atoms with Crippen molar-refractivity contribution in [1.29, 1.82) is 0 Å². The normalized spacial score (nSPS) is 14.2. The van der Waals surface area contributed by atoms with Crippen LogP contribution in [-0.2, 0) is 12.5 Å². The molecule has 0 atom stereocenters. The van der Waals surface area contributed by atoms with E-state index in [1.54, 1.807) is 0 Å². The quantitative estimate of drug-likeness (QED) is 0.302. The molecule has 0 fully saturated rings. The van der Waals surface area contributed by atoms with Crippen molar-refractivity contribution in [3.8, 4) is 22.4 Å². The summed E-state index contributed by atoms with van der Waals surface area (Å²) in [5.74, 6) is 0. The second-order valence-corrected chi connectivity index (χ2v) is 9.33. The van der Waals surface area contributed by atoms with Crippen molar-refractivity contribution in [2.45, 2.75) is 33.1 Å². The molecule has 0 unspecified atom stereocenters. The zero-order valence-corrected chi connectivity index (χ0v) is 18.6. The maximum absolute atomic E-state index is 6.51. The summed E-state index contributed by atoms with van der Waals surface area (Å²) in [6, 6.07) is 17.5. The molecule has 0 amide bonds. The Morgan fingerprint density at radius 2 is 1.77 bits per heavy atom. The Bertz CT molecular complexity index is 1540. The molecule has 3 nitrogen and oxygen atoms in total. The van der Waals surface area contributed by atoms with Gasteiger partial charge in [0.2, 0.25) is 11.4 Å². The summed E-state index contributed by atoms with van der Waals surface area (Å²) in [7, 11) is 2.09. The molecule has 1 aliphatic rings. The van der Waals surface area contributed by atoms with Crippen LogP contribution in [0.1, 0.15) is 36.1 Å². The Labute approximate surface area is 182 Å². The molecule has 3 aromatic heterocycles. The predicted octanol–water partition coefficient (Wildman–Crippen LogP) is 6.40. The smallest absolute Gasteiger partial charge is 0.227 e.